The van der Waals surface area contributed by atoms with E-state index < -0.39 is 0 Å². The highest BCUT2D eigenvalue weighted by Crippen LogP contribution is 2.19. The number of urea groups is 1. The molecule has 0 heterocycles. The Balaban J connectivity index is 1.63. The lowest BCUT2D eigenvalue weighted by Gasteiger charge is -2.13. The van der Waals surface area contributed by atoms with E-state index in [4.69, 9.17) is 0 Å². The van der Waals surface area contributed by atoms with Crippen LogP contribution in [0.25, 0.3) is 10.8 Å². The molecule has 104 valence electrons. The van der Waals surface area contributed by atoms with E-state index in [0.29, 0.717) is 12.6 Å². The van der Waals surface area contributed by atoms with Gasteiger partial charge in [0, 0.05) is 12.6 Å². The molecule has 1 fully saturated rings. The number of fused-ring (bicyclic) bond motifs is 1. The molecule has 20 heavy (non-hydrogen) atoms. The van der Waals surface area contributed by atoms with Gasteiger partial charge in [0.05, 0.1) is 0 Å². The highest BCUT2D eigenvalue weighted by atomic mass is 16.2. The van der Waals surface area contributed by atoms with Crippen LogP contribution in [0.1, 0.15) is 31.2 Å². The fraction of sp³-hybridized carbons (Fsp3) is 0.353. The van der Waals surface area contributed by atoms with Gasteiger partial charge >= 0.3 is 6.03 Å². The summed E-state index contributed by atoms with van der Waals surface area (Å²) < 4.78 is 0. The third-order valence-electron chi connectivity index (χ3n) is 4.01. The first-order valence-electron chi connectivity index (χ1n) is 7.34. The van der Waals surface area contributed by atoms with E-state index in [9.17, 15) is 4.79 Å². The van der Waals surface area contributed by atoms with Crippen LogP contribution in [0.4, 0.5) is 4.79 Å². The Morgan fingerprint density at radius 3 is 2.65 bits per heavy atom. The zero-order valence-electron chi connectivity index (χ0n) is 11.6. The molecular formula is C17H20N2O. The minimum atomic E-state index is -0.0511. The molecule has 0 saturated heterocycles. The molecule has 1 saturated carbocycles. The van der Waals surface area contributed by atoms with E-state index in [1.807, 2.05) is 18.2 Å². The molecule has 0 atom stereocenters. The number of carbonyl (C=O) groups excluding carboxylic acids is 1. The summed E-state index contributed by atoms with van der Waals surface area (Å²) in [5.74, 6) is 0. The molecule has 1 aliphatic rings. The molecule has 2 aromatic rings. The van der Waals surface area contributed by atoms with Gasteiger partial charge in [-0.3, -0.25) is 0 Å². The quantitative estimate of drug-likeness (QED) is 0.877. The smallest absolute Gasteiger partial charge is 0.315 e. The monoisotopic (exact) mass is 268 g/mol. The van der Waals surface area contributed by atoms with Crippen LogP contribution in [0.5, 0.6) is 0 Å². The summed E-state index contributed by atoms with van der Waals surface area (Å²) in [4.78, 5) is 11.9. The second-order valence-corrected chi connectivity index (χ2v) is 5.45. The van der Waals surface area contributed by atoms with Crippen molar-refractivity contribution >= 4 is 16.8 Å². The highest BCUT2D eigenvalue weighted by Gasteiger charge is 2.16. The number of amides is 2. The lowest BCUT2D eigenvalue weighted by atomic mass is 10.0. The first-order valence-corrected chi connectivity index (χ1v) is 7.34. The van der Waals surface area contributed by atoms with Crippen LogP contribution in [0.15, 0.2) is 42.5 Å². The molecule has 2 amide bonds. The number of nitrogens with one attached hydrogen (secondary N) is 2. The van der Waals surface area contributed by atoms with Crippen molar-refractivity contribution in [1.29, 1.82) is 0 Å². The van der Waals surface area contributed by atoms with Crippen molar-refractivity contribution < 1.29 is 4.79 Å². The number of carbonyl (C=O) groups is 1. The van der Waals surface area contributed by atoms with Crippen LogP contribution < -0.4 is 10.6 Å². The topological polar surface area (TPSA) is 41.1 Å². The highest BCUT2D eigenvalue weighted by molar-refractivity contribution is 5.86. The molecule has 0 unspecified atom stereocenters. The van der Waals surface area contributed by atoms with E-state index in [-0.39, 0.29) is 6.03 Å². The summed E-state index contributed by atoms with van der Waals surface area (Å²) in [6, 6.07) is 14.8. The Hall–Kier alpha value is -2.03. The van der Waals surface area contributed by atoms with Crippen molar-refractivity contribution in [1.82, 2.24) is 10.6 Å². The average molecular weight is 268 g/mol. The van der Waals surface area contributed by atoms with Gasteiger partial charge in [-0.2, -0.15) is 0 Å². The Labute approximate surface area is 119 Å². The molecule has 3 heteroatoms. The van der Waals surface area contributed by atoms with Crippen LogP contribution in [-0.4, -0.2) is 12.1 Å². The number of hydrogen-bond donors (Lipinski definition) is 2. The van der Waals surface area contributed by atoms with E-state index in [1.165, 1.54) is 23.6 Å². The SMILES string of the molecule is O=C(NCc1cccc2ccccc12)NC1CCCC1. The van der Waals surface area contributed by atoms with Crippen LogP contribution in [0, 0.1) is 0 Å². The summed E-state index contributed by atoms with van der Waals surface area (Å²) in [7, 11) is 0. The minimum absolute atomic E-state index is 0.0511. The van der Waals surface area contributed by atoms with Gasteiger partial charge in [-0.1, -0.05) is 55.3 Å². The van der Waals surface area contributed by atoms with Gasteiger partial charge in [0.1, 0.15) is 0 Å². The van der Waals surface area contributed by atoms with Gasteiger partial charge in [-0.25, -0.2) is 4.79 Å². The van der Waals surface area contributed by atoms with Crippen LogP contribution in [0.2, 0.25) is 0 Å². The molecule has 3 nitrogen and oxygen atoms in total. The maximum Gasteiger partial charge on any atom is 0.315 e. The third kappa shape index (κ3) is 2.93. The van der Waals surface area contributed by atoms with Crippen molar-refractivity contribution in [2.75, 3.05) is 0 Å². The average Bonchev–Trinajstić information content (AvgIpc) is 2.98. The van der Waals surface area contributed by atoms with Crippen molar-refractivity contribution in [3.8, 4) is 0 Å². The van der Waals surface area contributed by atoms with Gasteiger partial charge in [-0.05, 0) is 29.2 Å². The Morgan fingerprint density at radius 1 is 1.05 bits per heavy atom. The van der Waals surface area contributed by atoms with Crippen molar-refractivity contribution in [2.45, 2.75) is 38.3 Å². The van der Waals surface area contributed by atoms with Gasteiger partial charge in [0.15, 0.2) is 0 Å². The number of hydrogen-bond acceptors (Lipinski definition) is 1. The van der Waals surface area contributed by atoms with E-state index >= 15 is 0 Å². The maximum absolute atomic E-state index is 11.9. The molecule has 0 bridgehead atoms. The Morgan fingerprint density at radius 2 is 1.80 bits per heavy atom. The maximum atomic E-state index is 11.9. The van der Waals surface area contributed by atoms with Crippen molar-refractivity contribution in [2.24, 2.45) is 0 Å². The summed E-state index contributed by atoms with van der Waals surface area (Å²) >= 11 is 0. The Kier molecular flexibility index (Phi) is 3.86. The van der Waals surface area contributed by atoms with Gasteiger partial charge < -0.3 is 10.6 Å². The molecule has 0 radical (unpaired) electrons. The van der Waals surface area contributed by atoms with Gasteiger partial charge in [0.2, 0.25) is 0 Å². The van der Waals surface area contributed by atoms with E-state index in [1.54, 1.807) is 0 Å². The van der Waals surface area contributed by atoms with Crippen molar-refractivity contribution in [3.05, 3.63) is 48.0 Å². The molecule has 0 aliphatic heterocycles. The Bertz CT molecular complexity index is 597. The number of rotatable bonds is 3. The molecule has 1 aliphatic carbocycles. The second kappa shape index (κ2) is 5.95. The molecule has 2 aromatic carbocycles. The fourth-order valence-corrected chi connectivity index (χ4v) is 2.93. The molecule has 0 aromatic heterocycles. The minimum Gasteiger partial charge on any atom is -0.335 e. The lowest BCUT2D eigenvalue weighted by Crippen LogP contribution is -2.40. The predicted octanol–water partition coefficient (Wildman–Crippen LogP) is 3.58. The lowest BCUT2D eigenvalue weighted by molar-refractivity contribution is 0.237. The molecule has 0 spiro atoms. The second-order valence-electron chi connectivity index (χ2n) is 5.45. The summed E-state index contributed by atoms with van der Waals surface area (Å²) in [6.45, 7) is 0.569. The summed E-state index contributed by atoms with van der Waals surface area (Å²) in [5, 5.41) is 8.43. The van der Waals surface area contributed by atoms with E-state index in [2.05, 4.69) is 34.9 Å². The zero-order chi connectivity index (χ0) is 13.8. The van der Waals surface area contributed by atoms with Crippen LogP contribution >= 0.6 is 0 Å². The summed E-state index contributed by atoms with van der Waals surface area (Å²) in [6.07, 6.45) is 4.69. The predicted molar refractivity (Wildman–Crippen MR) is 81.6 cm³/mol. The normalized spacial score (nSPS) is 15.4. The first kappa shape index (κ1) is 13.0. The van der Waals surface area contributed by atoms with Crippen molar-refractivity contribution in [3.63, 3.8) is 0 Å². The van der Waals surface area contributed by atoms with Gasteiger partial charge in [-0.15, -0.1) is 0 Å². The number of benzene rings is 2. The van der Waals surface area contributed by atoms with Crippen LogP contribution in [-0.2, 0) is 6.54 Å². The zero-order valence-corrected chi connectivity index (χ0v) is 11.6. The molecular weight excluding hydrogens is 248 g/mol. The molecule has 2 N–H and O–H groups in total. The fourth-order valence-electron chi connectivity index (χ4n) is 2.93. The summed E-state index contributed by atoms with van der Waals surface area (Å²) in [5.41, 5.74) is 1.16. The largest absolute Gasteiger partial charge is 0.335 e. The van der Waals surface area contributed by atoms with Gasteiger partial charge in [0.25, 0.3) is 0 Å². The van der Waals surface area contributed by atoms with E-state index in [0.717, 1.165) is 18.4 Å². The standard InChI is InChI=1S/C17H20N2O/c20-17(19-15-9-2-3-10-15)18-12-14-8-5-7-13-6-1-4-11-16(13)14/h1,4-8,11,15H,2-3,9-10,12H2,(H2,18,19,20). The molecule has 3 rings (SSSR count). The first-order chi connectivity index (χ1) is 9.83. The van der Waals surface area contributed by atoms with Crippen LogP contribution in [0.3, 0.4) is 0 Å². The third-order valence-corrected chi connectivity index (χ3v) is 4.01.